The number of rotatable bonds is 7. The summed E-state index contributed by atoms with van der Waals surface area (Å²) in [5.41, 5.74) is 0.201. The van der Waals surface area contributed by atoms with Crippen LogP contribution in [0.25, 0.3) is 11.4 Å². The van der Waals surface area contributed by atoms with Gasteiger partial charge in [0.25, 0.3) is 0 Å². The lowest BCUT2D eigenvalue weighted by molar-refractivity contribution is -0.137. The van der Waals surface area contributed by atoms with E-state index in [0.717, 1.165) is 17.8 Å². The lowest BCUT2D eigenvalue weighted by atomic mass is 10.1. The van der Waals surface area contributed by atoms with E-state index >= 15 is 0 Å². The Balaban J connectivity index is 1.48. The minimum Gasteiger partial charge on any atom is -0.338 e. The lowest BCUT2D eigenvalue weighted by Gasteiger charge is -2.06. The van der Waals surface area contributed by atoms with Crippen molar-refractivity contribution in [1.82, 2.24) is 10.1 Å². The van der Waals surface area contributed by atoms with Crippen LogP contribution in [0.5, 0.6) is 0 Å². The normalized spacial score (nSPS) is 11.4. The second kappa shape index (κ2) is 8.92. The molecule has 1 amide bonds. The van der Waals surface area contributed by atoms with E-state index in [1.807, 2.05) is 18.2 Å². The summed E-state index contributed by atoms with van der Waals surface area (Å²) in [7, 11) is 0. The first-order valence-corrected chi connectivity index (χ1v) is 9.50. The van der Waals surface area contributed by atoms with E-state index in [0.29, 0.717) is 23.8 Å². The van der Waals surface area contributed by atoms with E-state index in [2.05, 4.69) is 15.5 Å². The number of amides is 1. The minimum absolute atomic E-state index is 0.100. The molecule has 28 heavy (non-hydrogen) atoms. The number of carbonyl (C=O) groups is 1. The Kier molecular flexibility index (Phi) is 6.35. The van der Waals surface area contributed by atoms with Gasteiger partial charge in [0.1, 0.15) is 0 Å². The van der Waals surface area contributed by atoms with Crippen molar-refractivity contribution in [3.8, 4) is 11.4 Å². The van der Waals surface area contributed by atoms with Crippen LogP contribution < -0.4 is 5.32 Å². The highest BCUT2D eigenvalue weighted by molar-refractivity contribution is 7.98. The number of hydrogen-bond donors (Lipinski definition) is 1. The first-order chi connectivity index (χ1) is 13.4. The molecule has 0 unspecified atom stereocenters. The van der Waals surface area contributed by atoms with Gasteiger partial charge in [0, 0.05) is 23.4 Å². The maximum absolute atomic E-state index is 12.8. The molecular formula is C19H16F3N3O2S. The number of alkyl halides is 3. The molecule has 0 radical (unpaired) electrons. The molecule has 5 nitrogen and oxygen atoms in total. The van der Waals surface area contributed by atoms with Crippen LogP contribution in [0.3, 0.4) is 0 Å². The highest BCUT2D eigenvalue weighted by Crippen LogP contribution is 2.31. The van der Waals surface area contributed by atoms with Gasteiger partial charge in [-0.2, -0.15) is 29.9 Å². The first-order valence-electron chi connectivity index (χ1n) is 8.35. The molecule has 0 aliphatic rings. The summed E-state index contributed by atoms with van der Waals surface area (Å²) in [5.74, 6) is 1.20. The van der Waals surface area contributed by atoms with Gasteiger partial charge in [0.15, 0.2) is 0 Å². The number of halogens is 3. The van der Waals surface area contributed by atoms with Gasteiger partial charge in [-0.15, -0.1) is 0 Å². The fourth-order valence-corrected chi connectivity index (χ4v) is 3.10. The average molecular weight is 407 g/mol. The highest BCUT2D eigenvalue weighted by Gasteiger charge is 2.30. The molecule has 0 aliphatic heterocycles. The number of benzene rings is 2. The van der Waals surface area contributed by atoms with Crippen LogP contribution in [-0.2, 0) is 16.7 Å². The van der Waals surface area contributed by atoms with Crippen molar-refractivity contribution >= 4 is 23.4 Å². The zero-order valence-corrected chi connectivity index (χ0v) is 15.4. The van der Waals surface area contributed by atoms with Crippen LogP contribution in [0.15, 0.2) is 59.1 Å². The van der Waals surface area contributed by atoms with Crippen molar-refractivity contribution in [3.63, 3.8) is 0 Å². The Hall–Kier alpha value is -2.81. The molecule has 2 aromatic carbocycles. The van der Waals surface area contributed by atoms with Crippen LogP contribution in [0.2, 0.25) is 0 Å². The Bertz CT molecular complexity index is 929. The SMILES string of the molecule is O=C(CCSCc1nc(-c2cccc(C(F)(F)F)c2)no1)Nc1ccccc1. The van der Waals surface area contributed by atoms with E-state index in [1.54, 1.807) is 12.1 Å². The maximum Gasteiger partial charge on any atom is 0.416 e. The molecule has 1 heterocycles. The molecule has 0 saturated heterocycles. The van der Waals surface area contributed by atoms with Crippen molar-refractivity contribution in [2.45, 2.75) is 18.3 Å². The summed E-state index contributed by atoms with van der Waals surface area (Å²) in [5, 5.41) is 6.52. The third kappa shape index (κ3) is 5.59. The third-order valence-corrected chi connectivity index (χ3v) is 4.62. The third-order valence-electron chi connectivity index (χ3n) is 3.67. The van der Waals surface area contributed by atoms with Crippen LogP contribution in [0, 0.1) is 0 Å². The summed E-state index contributed by atoms with van der Waals surface area (Å²) in [6.45, 7) is 0. The van der Waals surface area contributed by atoms with Crippen LogP contribution in [0.1, 0.15) is 17.9 Å². The van der Waals surface area contributed by atoms with Crippen molar-refractivity contribution in [3.05, 3.63) is 66.1 Å². The molecule has 3 aromatic rings. The molecule has 1 N–H and O–H groups in total. The van der Waals surface area contributed by atoms with E-state index in [-0.39, 0.29) is 17.3 Å². The van der Waals surface area contributed by atoms with Gasteiger partial charge in [-0.1, -0.05) is 35.5 Å². The largest absolute Gasteiger partial charge is 0.416 e. The number of aromatic nitrogens is 2. The van der Waals surface area contributed by atoms with Gasteiger partial charge in [-0.3, -0.25) is 4.79 Å². The molecule has 0 fully saturated rings. The van der Waals surface area contributed by atoms with E-state index in [1.165, 1.54) is 23.9 Å². The van der Waals surface area contributed by atoms with Crippen LogP contribution >= 0.6 is 11.8 Å². The monoisotopic (exact) mass is 407 g/mol. The molecule has 0 spiro atoms. The fourth-order valence-electron chi connectivity index (χ4n) is 2.33. The average Bonchev–Trinajstić information content (AvgIpc) is 3.14. The van der Waals surface area contributed by atoms with Gasteiger partial charge in [-0.05, 0) is 24.3 Å². The number of nitrogens with zero attached hydrogens (tertiary/aromatic N) is 2. The molecule has 9 heteroatoms. The smallest absolute Gasteiger partial charge is 0.338 e. The summed E-state index contributed by atoms with van der Waals surface area (Å²) < 4.78 is 43.5. The molecule has 1 aromatic heterocycles. The predicted molar refractivity (Wildman–Crippen MR) is 101 cm³/mol. The highest BCUT2D eigenvalue weighted by atomic mass is 32.2. The standard InChI is InChI=1S/C19H16F3N3O2S/c20-19(21,22)14-6-4-5-13(11-14)18-24-17(27-25-18)12-28-10-9-16(26)23-15-7-2-1-3-8-15/h1-8,11H,9-10,12H2,(H,23,26). The second-order valence-corrected chi connectivity index (χ2v) is 6.91. The second-order valence-electron chi connectivity index (χ2n) is 5.81. The van der Waals surface area contributed by atoms with Gasteiger partial charge in [0.05, 0.1) is 11.3 Å². The van der Waals surface area contributed by atoms with Gasteiger partial charge in [0.2, 0.25) is 17.6 Å². The number of carbonyl (C=O) groups excluding carboxylic acids is 1. The van der Waals surface area contributed by atoms with E-state index in [4.69, 9.17) is 4.52 Å². The van der Waals surface area contributed by atoms with Crippen LogP contribution in [0.4, 0.5) is 18.9 Å². The zero-order valence-electron chi connectivity index (χ0n) is 14.6. The Morgan fingerprint density at radius 1 is 1.11 bits per heavy atom. The van der Waals surface area contributed by atoms with E-state index in [9.17, 15) is 18.0 Å². The quantitative estimate of drug-likeness (QED) is 0.557. The Labute approximate surface area is 163 Å². The van der Waals surface area contributed by atoms with Gasteiger partial charge >= 0.3 is 6.18 Å². The number of para-hydroxylation sites is 1. The number of hydrogen-bond acceptors (Lipinski definition) is 5. The maximum atomic E-state index is 12.8. The first kappa shape index (κ1) is 19.9. The Morgan fingerprint density at radius 3 is 2.64 bits per heavy atom. The number of thioether (sulfide) groups is 1. The van der Waals surface area contributed by atoms with Crippen LogP contribution in [-0.4, -0.2) is 21.8 Å². The molecule has 0 bridgehead atoms. The fraction of sp³-hybridized carbons (Fsp3) is 0.211. The predicted octanol–water partition coefficient (Wildman–Crippen LogP) is 5.02. The van der Waals surface area contributed by atoms with Crippen molar-refractivity contribution in [2.75, 3.05) is 11.1 Å². The minimum atomic E-state index is -4.43. The lowest BCUT2D eigenvalue weighted by Crippen LogP contribution is -2.12. The van der Waals surface area contributed by atoms with E-state index < -0.39 is 11.7 Å². The van der Waals surface area contributed by atoms with Crippen molar-refractivity contribution in [2.24, 2.45) is 0 Å². The van der Waals surface area contributed by atoms with Gasteiger partial charge in [-0.25, -0.2) is 0 Å². The number of anilines is 1. The molecule has 3 rings (SSSR count). The summed E-state index contributed by atoms with van der Waals surface area (Å²) >= 11 is 1.42. The Morgan fingerprint density at radius 2 is 1.89 bits per heavy atom. The number of nitrogens with one attached hydrogen (secondary N) is 1. The summed E-state index contributed by atoms with van der Waals surface area (Å²) in [6, 6.07) is 13.9. The van der Waals surface area contributed by atoms with Gasteiger partial charge < -0.3 is 9.84 Å². The topological polar surface area (TPSA) is 68.0 Å². The molecule has 146 valence electrons. The molecule has 0 atom stereocenters. The summed E-state index contributed by atoms with van der Waals surface area (Å²) in [4.78, 5) is 16.0. The zero-order chi connectivity index (χ0) is 20.0. The molecule has 0 aliphatic carbocycles. The molecular weight excluding hydrogens is 391 g/mol. The van der Waals surface area contributed by atoms with Crippen molar-refractivity contribution in [1.29, 1.82) is 0 Å². The van der Waals surface area contributed by atoms with Crippen molar-refractivity contribution < 1.29 is 22.5 Å². The molecule has 0 saturated carbocycles. The summed E-state index contributed by atoms with van der Waals surface area (Å²) in [6.07, 6.45) is -4.12.